The number of nitrogen functional groups attached to an aromatic ring is 1. The average molecular weight is 297 g/mol. The van der Waals surface area contributed by atoms with Gasteiger partial charge in [-0.15, -0.1) is 0 Å². The van der Waals surface area contributed by atoms with Crippen LogP contribution >= 0.6 is 0 Å². The second kappa shape index (κ2) is 5.63. The number of aryl methyl sites for hydroxylation is 1. The Kier molecular flexibility index (Phi) is 3.89. The Labute approximate surface area is 116 Å². The summed E-state index contributed by atoms with van der Waals surface area (Å²) < 4.78 is 32.2. The summed E-state index contributed by atoms with van der Waals surface area (Å²) in [4.78, 5) is 17.2. The van der Waals surface area contributed by atoms with Gasteiger partial charge in [-0.2, -0.15) is 9.37 Å². The van der Waals surface area contributed by atoms with Crippen molar-refractivity contribution in [1.29, 1.82) is 0 Å². The van der Waals surface area contributed by atoms with Gasteiger partial charge in [0, 0.05) is 12.1 Å². The molecule has 0 amide bonds. The molecule has 0 saturated carbocycles. The van der Waals surface area contributed by atoms with Crippen LogP contribution in [0, 0.1) is 28.7 Å². The van der Waals surface area contributed by atoms with Crippen LogP contribution in [0.25, 0.3) is 0 Å². The topological polar surface area (TPSA) is 116 Å². The van der Waals surface area contributed by atoms with Gasteiger partial charge in [0.15, 0.2) is 11.6 Å². The SMILES string of the molecule is Cc1nc(NN)cc(Oc2cc(F)c([N+](=O)[O-])cc2F)n1. The number of aromatic nitrogens is 2. The summed E-state index contributed by atoms with van der Waals surface area (Å²) in [6, 6.07) is 2.26. The van der Waals surface area contributed by atoms with Crippen molar-refractivity contribution in [3.05, 3.63) is 45.8 Å². The second-order valence-corrected chi connectivity index (χ2v) is 3.88. The first-order valence-corrected chi connectivity index (χ1v) is 5.54. The maximum atomic E-state index is 13.7. The average Bonchev–Trinajstić information content (AvgIpc) is 2.41. The zero-order chi connectivity index (χ0) is 15.6. The number of hydrogen-bond donors (Lipinski definition) is 2. The Morgan fingerprint density at radius 1 is 1.29 bits per heavy atom. The number of hydrazine groups is 1. The Morgan fingerprint density at radius 2 is 2.00 bits per heavy atom. The van der Waals surface area contributed by atoms with Crippen LogP contribution < -0.4 is 16.0 Å². The molecule has 0 fully saturated rings. The number of benzene rings is 1. The highest BCUT2D eigenvalue weighted by Crippen LogP contribution is 2.29. The van der Waals surface area contributed by atoms with E-state index in [-0.39, 0.29) is 17.5 Å². The van der Waals surface area contributed by atoms with Crippen molar-refractivity contribution in [3.8, 4) is 11.6 Å². The highest BCUT2D eigenvalue weighted by molar-refractivity contribution is 5.42. The van der Waals surface area contributed by atoms with Gasteiger partial charge >= 0.3 is 5.69 Å². The Hall–Kier alpha value is -2.88. The van der Waals surface area contributed by atoms with E-state index in [9.17, 15) is 18.9 Å². The number of ether oxygens (including phenoxy) is 1. The molecule has 2 aromatic rings. The number of nitro groups is 1. The number of nitrogens with zero attached hydrogens (tertiary/aromatic N) is 3. The minimum absolute atomic E-state index is 0.0948. The van der Waals surface area contributed by atoms with Crippen LogP contribution in [0.4, 0.5) is 20.3 Å². The van der Waals surface area contributed by atoms with Crippen LogP contribution in [0.1, 0.15) is 5.82 Å². The summed E-state index contributed by atoms with van der Waals surface area (Å²) in [6.45, 7) is 1.54. The quantitative estimate of drug-likeness (QED) is 0.504. The third-order valence-electron chi connectivity index (χ3n) is 2.37. The molecule has 2 rings (SSSR count). The number of nitro benzene ring substituents is 1. The largest absolute Gasteiger partial charge is 0.436 e. The monoisotopic (exact) mass is 297 g/mol. The smallest absolute Gasteiger partial charge is 0.307 e. The molecule has 1 aromatic carbocycles. The molecule has 0 saturated heterocycles. The predicted molar refractivity (Wildman–Crippen MR) is 67.7 cm³/mol. The lowest BCUT2D eigenvalue weighted by molar-refractivity contribution is -0.387. The van der Waals surface area contributed by atoms with Gasteiger partial charge in [0.2, 0.25) is 11.7 Å². The molecule has 0 radical (unpaired) electrons. The molecule has 1 aromatic heterocycles. The normalized spacial score (nSPS) is 10.3. The number of nitrogens with one attached hydrogen (secondary N) is 1. The van der Waals surface area contributed by atoms with E-state index >= 15 is 0 Å². The Bertz CT molecular complexity index is 710. The van der Waals surface area contributed by atoms with Crippen LogP contribution in [0.2, 0.25) is 0 Å². The minimum Gasteiger partial charge on any atom is -0.436 e. The van der Waals surface area contributed by atoms with Gasteiger partial charge in [0.25, 0.3) is 0 Å². The molecule has 8 nitrogen and oxygen atoms in total. The second-order valence-electron chi connectivity index (χ2n) is 3.88. The molecule has 0 aliphatic rings. The lowest BCUT2D eigenvalue weighted by atomic mass is 10.3. The predicted octanol–water partition coefficient (Wildman–Crippen LogP) is 2.05. The summed E-state index contributed by atoms with van der Waals surface area (Å²) in [5.41, 5.74) is 1.27. The summed E-state index contributed by atoms with van der Waals surface area (Å²) in [6.07, 6.45) is 0. The van der Waals surface area contributed by atoms with E-state index in [4.69, 9.17) is 10.6 Å². The van der Waals surface area contributed by atoms with Crippen LogP contribution in [0.5, 0.6) is 11.6 Å². The van der Waals surface area contributed by atoms with E-state index in [1.165, 1.54) is 6.07 Å². The van der Waals surface area contributed by atoms with Gasteiger partial charge in [-0.05, 0) is 6.92 Å². The molecule has 3 N–H and O–H groups in total. The van der Waals surface area contributed by atoms with Crippen molar-refractivity contribution in [2.75, 3.05) is 5.43 Å². The summed E-state index contributed by atoms with van der Waals surface area (Å²) in [5.74, 6) is 2.72. The maximum absolute atomic E-state index is 13.7. The first kappa shape index (κ1) is 14.5. The number of nitrogens with two attached hydrogens (primary N) is 1. The van der Waals surface area contributed by atoms with Gasteiger partial charge in [0.05, 0.1) is 11.0 Å². The number of hydrogen-bond acceptors (Lipinski definition) is 7. The fourth-order valence-corrected chi connectivity index (χ4v) is 1.52. The van der Waals surface area contributed by atoms with Crippen molar-refractivity contribution in [3.63, 3.8) is 0 Å². The van der Waals surface area contributed by atoms with E-state index in [2.05, 4.69) is 15.4 Å². The zero-order valence-electron chi connectivity index (χ0n) is 10.6. The first-order chi connectivity index (χ1) is 9.90. The third kappa shape index (κ3) is 3.17. The van der Waals surface area contributed by atoms with Crippen LogP contribution in [-0.4, -0.2) is 14.9 Å². The van der Waals surface area contributed by atoms with Crippen molar-refractivity contribution in [2.45, 2.75) is 6.92 Å². The van der Waals surface area contributed by atoms with Crippen molar-refractivity contribution in [2.24, 2.45) is 5.84 Å². The van der Waals surface area contributed by atoms with Gasteiger partial charge in [-0.1, -0.05) is 0 Å². The molecule has 0 aliphatic carbocycles. The minimum atomic E-state index is -1.22. The van der Waals surface area contributed by atoms with Crippen molar-refractivity contribution in [1.82, 2.24) is 9.97 Å². The Morgan fingerprint density at radius 3 is 2.62 bits per heavy atom. The lowest BCUT2D eigenvalue weighted by Crippen LogP contribution is -2.10. The van der Waals surface area contributed by atoms with E-state index in [0.29, 0.717) is 12.1 Å². The number of halogens is 2. The molecule has 10 heteroatoms. The fourth-order valence-electron chi connectivity index (χ4n) is 1.52. The summed E-state index contributed by atoms with van der Waals surface area (Å²) >= 11 is 0. The molecular weight excluding hydrogens is 288 g/mol. The Balaban J connectivity index is 2.38. The molecule has 1 heterocycles. The molecule has 21 heavy (non-hydrogen) atoms. The van der Waals surface area contributed by atoms with E-state index < -0.39 is 28.0 Å². The molecule has 110 valence electrons. The summed E-state index contributed by atoms with van der Waals surface area (Å²) in [7, 11) is 0. The van der Waals surface area contributed by atoms with Gasteiger partial charge in [-0.3, -0.25) is 10.1 Å². The van der Waals surface area contributed by atoms with Gasteiger partial charge in [-0.25, -0.2) is 15.2 Å². The number of anilines is 1. The van der Waals surface area contributed by atoms with Crippen LogP contribution in [-0.2, 0) is 0 Å². The van der Waals surface area contributed by atoms with E-state index in [1.807, 2.05) is 0 Å². The molecule has 0 aliphatic heterocycles. The van der Waals surface area contributed by atoms with E-state index in [0.717, 1.165) is 0 Å². The highest BCUT2D eigenvalue weighted by Gasteiger charge is 2.20. The summed E-state index contributed by atoms with van der Waals surface area (Å²) in [5, 5.41) is 10.5. The lowest BCUT2D eigenvalue weighted by Gasteiger charge is -2.08. The molecule has 0 bridgehead atoms. The standard InChI is InChI=1S/C11H9F2N5O3/c1-5-15-10(17-14)4-11(16-5)21-9-3-6(12)8(18(19)20)2-7(9)13/h2-4H,14H2,1H3,(H,15,16,17). The molecule has 0 atom stereocenters. The first-order valence-electron chi connectivity index (χ1n) is 5.54. The highest BCUT2D eigenvalue weighted by atomic mass is 19.1. The van der Waals surface area contributed by atoms with Crippen molar-refractivity contribution < 1.29 is 18.4 Å². The van der Waals surface area contributed by atoms with Gasteiger partial charge < -0.3 is 10.2 Å². The number of rotatable bonds is 4. The zero-order valence-corrected chi connectivity index (χ0v) is 10.6. The van der Waals surface area contributed by atoms with Gasteiger partial charge in [0.1, 0.15) is 11.6 Å². The molecular formula is C11H9F2N5O3. The molecule has 0 spiro atoms. The van der Waals surface area contributed by atoms with E-state index in [1.54, 1.807) is 6.92 Å². The maximum Gasteiger partial charge on any atom is 0.307 e. The third-order valence-corrected chi connectivity index (χ3v) is 2.37. The van der Waals surface area contributed by atoms with Crippen LogP contribution in [0.15, 0.2) is 18.2 Å². The fraction of sp³-hybridized carbons (Fsp3) is 0.0909. The molecule has 0 unspecified atom stereocenters. The van der Waals surface area contributed by atoms with Crippen molar-refractivity contribution >= 4 is 11.5 Å². The van der Waals surface area contributed by atoms with Crippen LogP contribution in [0.3, 0.4) is 0 Å².